The Morgan fingerprint density at radius 3 is 2.53 bits per heavy atom. The minimum absolute atomic E-state index is 0.360. The van der Waals surface area contributed by atoms with Crippen LogP contribution in [0.4, 0.5) is 15.8 Å². The fourth-order valence-corrected chi connectivity index (χ4v) is 3.20. The Hall–Kier alpha value is -1.69. The second-order valence-corrected chi connectivity index (χ2v) is 5.32. The molecule has 0 spiro atoms. The number of fused-ring (bicyclic) bond motifs is 2. The number of nitrogens with zero attached hydrogens (tertiary/aromatic N) is 3. The molecule has 102 valence electrons. The van der Waals surface area contributed by atoms with Crippen LogP contribution in [0.25, 0.3) is 0 Å². The van der Waals surface area contributed by atoms with E-state index in [9.17, 15) is 14.5 Å². The lowest BCUT2D eigenvalue weighted by Crippen LogP contribution is -2.52. The number of benzene rings is 1. The van der Waals surface area contributed by atoms with E-state index in [0.717, 1.165) is 25.9 Å². The van der Waals surface area contributed by atoms with Gasteiger partial charge in [-0.3, -0.25) is 15.0 Å². The maximum absolute atomic E-state index is 14.2. The number of nitro benzene ring substituents is 1. The maximum atomic E-state index is 14.2. The molecule has 2 aliphatic rings. The van der Waals surface area contributed by atoms with E-state index in [1.54, 1.807) is 12.1 Å². The summed E-state index contributed by atoms with van der Waals surface area (Å²) in [6, 6.07) is 5.25. The highest BCUT2D eigenvalue weighted by Crippen LogP contribution is 2.34. The van der Waals surface area contributed by atoms with Gasteiger partial charge in [-0.2, -0.15) is 4.39 Å². The Bertz CT molecular complexity index is 509. The van der Waals surface area contributed by atoms with Crippen molar-refractivity contribution in [3.8, 4) is 0 Å². The van der Waals surface area contributed by atoms with Gasteiger partial charge in [-0.25, -0.2) is 0 Å². The number of nitro groups is 1. The summed E-state index contributed by atoms with van der Waals surface area (Å²) in [5.41, 5.74) is -0.0806. The first-order valence-electron chi connectivity index (χ1n) is 6.47. The van der Waals surface area contributed by atoms with Gasteiger partial charge < -0.3 is 4.90 Å². The van der Waals surface area contributed by atoms with Gasteiger partial charge in [0.2, 0.25) is 5.82 Å². The lowest BCUT2D eigenvalue weighted by Gasteiger charge is -2.40. The Morgan fingerprint density at radius 1 is 1.32 bits per heavy atom. The second-order valence-electron chi connectivity index (χ2n) is 5.32. The van der Waals surface area contributed by atoms with Crippen LogP contribution < -0.4 is 4.90 Å². The zero-order chi connectivity index (χ0) is 13.6. The van der Waals surface area contributed by atoms with E-state index in [-0.39, 0.29) is 0 Å². The average Bonchev–Trinajstić information content (AvgIpc) is 2.62. The van der Waals surface area contributed by atoms with Gasteiger partial charge in [0.25, 0.3) is 0 Å². The maximum Gasteiger partial charge on any atom is 0.306 e. The van der Waals surface area contributed by atoms with Gasteiger partial charge in [-0.15, -0.1) is 0 Å². The molecule has 0 amide bonds. The number of piperazine rings is 1. The summed E-state index contributed by atoms with van der Waals surface area (Å²) in [4.78, 5) is 14.4. The molecule has 0 radical (unpaired) electrons. The van der Waals surface area contributed by atoms with Crippen molar-refractivity contribution in [1.82, 2.24) is 4.90 Å². The number of anilines is 1. The van der Waals surface area contributed by atoms with Crippen LogP contribution in [-0.2, 0) is 0 Å². The van der Waals surface area contributed by atoms with E-state index < -0.39 is 16.4 Å². The first-order chi connectivity index (χ1) is 9.08. The van der Waals surface area contributed by atoms with Crippen LogP contribution in [0.1, 0.15) is 12.8 Å². The Kier molecular flexibility index (Phi) is 2.89. The van der Waals surface area contributed by atoms with Crippen molar-refractivity contribution < 1.29 is 9.31 Å². The largest absolute Gasteiger partial charge is 0.366 e. The zero-order valence-electron chi connectivity index (χ0n) is 10.8. The first-order valence-corrected chi connectivity index (χ1v) is 6.47. The van der Waals surface area contributed by atoms with Gasteiger partial charge in [-0.05, 0) is 26.0 Å². The number of likely N-dealkylation sites (N-methyl/N-ethyl adjacent to an activating group) is 1. The fourth-order valence-electron chi connectivity index (χ4n) is 3.20. The van der Waals surface area contributed by atoms with Gasteiger partial charge in [0.05, 0.1) is 10.6 Å². The first kappa shape index (κ1) is 12.3. The molecule has 6 heteroatoms. The SMILES string of the molecule is CN1C2CCC1CN(c1cccc([N+](=O)[O-])c1F)C2. The molecule has 0 N–H and O–H groups in total. The molecule has 0 aromatic heterocycles. The van der Waals surface area contributed by atoms with Crippen LogP contribution in [0, 0.1) is 15.9 Å². The van der Waals surface area contributed by atoms with E-state index in [4.69, 9.17) is 0 Å². The fraction of sp³-hybridized carbons (Fsp3) is 0.538. The van der Waals surface area contributed by atoms with E-state index in [0.29, 0.717) is 17.8 Å². The summed E-state index contributed by atoms with van der Waals surface area (Å²) in [7, 11) is 2.10. The minimum atomic E-state index is -0.712. The van der Waals surface area contributed by atoms with Gasteiger partial charge >= 0.3 is 5.69 Å². The summed E-state index contributed by atoms with van der Waals surface area (Å²) < 4.78 is 14.2. The lowest BCUT2D eigenvalue weighted by atomic mass is 10.1. The zero-order valence-corrected chi connectivity index (χ0v) is 10.8. The number of halogens is 1. The second kappa shape index (κ2) is 4.45. The van der Waals surface area contributed by atoms with Crippen molar-refractivity contribution in [3.05, 3.63) is 34.1 Å². The molecule has 3 rings (SSSR count). The third kappa shape index (κ3) is 1.96. The van der Waals surface area contributed by atoms with Gasteiger partial charge in [0.1, 0.15) is 0 Å². The normalized spacial score (nSPS) is 26.7. The summed E-state index contributed by atoms with van der Waals surface area (Å²) in [6.07, 6.45) is 2.24. The standard InChI is InChI=1S/C13H16FN3O2/c1-15-9-5-6-10(15)8-16(7-9)11-3-2-4-12(13(11)14)17(18)19/h2-4,9-10H,5-8H2,1H3. The number of hydrogen-bond donors (Lipinski definition) is 0. The molecular weight excluding hydrogens is 249 g/mol. The van der Waals surface area contributed by atoms with Gasteiger partial charge in [0, 0.05) is 31.2 Å². The van der Waals surface area contributed by atoms with Crippen LogP contribution >= 0.6 is 0 Å². The summed E-state index contributed by atoms with van der Waals surface area (Å²) in [5.74, 6) is -0.712. The van der Waals surface area contributed by atoms with Crippen LogP contribution in [0.15, 0.2) is 18.2 Å². The molecule has 2 fully saturated rings. The summed E-state index contributed by atoms with van der Waals surface area (Å²) >= 11 is 0. The predicted octanol–water partition coefficient (Wildman–Crippen LogP) is 2.02. The molecular formula is C13H16FN3O2. The predicted molar refractivity (Wildman–Crippen MR) is 69.8 cm³/mol. The molecule has 5 nitrogen and oxygen atoms in total. The quantitative estimate of drug-likeness (QED) is 0.606. The Balaban J connectivity index is 1.91. The van der Waals surface area contributed by atoms with Crippen molar-refractivity contribution in [2.75, 3.05) is 25.0 Å². The summed E-state index contributed by atoms with van der Waals surface area (Å²) in [5, 5.41) is 10.8. The molecule has 2 heterocycles. The molecule has 19 heavy (non-hydrogen) atoms. The number of hydrogen-bond acceptors (Lipinski definition) is 4. The molecule has 1 aromatic carbocycles. The van der Waals surface area contributed by atoms with E-state index in [1.165, 1.54) is 6.07 Å². The van der Waals surface area contributed by atoms with Crippen molar-refractivity contribution in [3.63, 3.8) is 0 Å². The van der Waals surface area contributed by atoms with Crippen molar-refractivity contribution in [2.24, 2.45) is 0 Å². The highest BCUT2D eigenvalue weighted by atomic mass is 19.1. The van der Waals surface area contributed by atoms with Crippen LogP contribution in [0.3, 0.4) is 0 Å². The average molecular weight is 265 g/mol. The lowest BCUT2D eigenvalue weighted by molar-refractivity contribution is -0.387. The Labute approximate surface area is 110 Å². The smallest absolute Gasteiger partial charge is 0.306 e. The van der Waals surface area contributed by atoms with Crippen molar-refractivity contribution >= 4 is 11.4 Å². The van der Waals surface area contributed by atoms with E-state index >= 15 is 0 Å². The van der Waals surface area contributed by atoms with Crippen molar-refractivity contribution in [2.45, 2.75) is 24.9 Å². The molecule has 0 saturated carbocycles. The van der Waals surface area contributed by atoms with Crippen LogP contribution in [0.5, 0.6) is 0 Å². The van der Waals surface area contributed by atoms with Gasteiger partial charge in [0.15, 0.2) is 0 Å². The monoisotopic (exact) mass is 265 g/mol. The molecule has 1 aromatic rings. The molecule has 2 unspecified atom stereocenters. The van der Waals surface area contributed by atoms with E-state index in [2.05, 4.69) is 11.9 Å². The molecule has 2 saturated heterocycles. The molecule has 2 bridgehead atoms. The highest BCUT2D eigenvalue weighted by Gasteiger charge is 2.38. The van der Waals surface area contributed by atoms with E-state index in [1.807, 2.05) is 4.90 Å². The third-order valence-electron chi connectivity index (χ3n) is 4.34. The summed E-state index contributed by atoms with van der Waals surface area (Å²) in [6.45, 7) is 1.48. The van der Waals surface area contributed by atoms with Crippen LogP contribution in [0.2, 0.25) is 0 Å². The third-order valence-corrected chi connectivity index (χ3v) is 4.34. The molecule has 0 aliphatic carbocycles. The minimum Gasteiger partial charge on any atom is -0.366 e. The molecule has 2 aliphatic heterocycles. The number of rotatable bonds is 2. The van der Waals surface area contributed by atoms with Crippen LogP contribution in [-0.4, -0.2) is 42.0 Å². The molecule has 2 atom stereocenters. The van der Waals surface area contributed by atoms with Crippen molar-refractivity contribution in [1.29, 1.82) is 0 Å². The Morgan fingerprint density at radius 2 is 1.95 bits per heavy atom. The van der Waals surface area contributed by atoms with Gasteiger partial charge in [-0.1, -0.05) is 6.07 Å². The highest BCUT2D eigenvalue weighted by molar-refractivity contribution is 5.56. The topological polar surface area (TPSA) is 49.6 Å².